The minimum atomic E-state index is 0.500. The van der Waals surface area contributed by atoms with E-state index in [1.54, 1.807) is 11.3 Å². The van der Waals surface area contributed by atoms with Gasteiger partial charge in [0.05, 0.1) is 16.8 Å². The second-order valence-electron chi connectivity index (χ2n) is 7.74. The summed E-state index contributed by atoms with van der Waals surface area (Å²) in [5.74, 6) is 2.77. The standard InChI is InChI=1S/C20H26N6S/c1-24-18(14-25-10-4-5-11-25)22-23-19(24)15-8-12-26(13-9-15)20-21-16-6-2-3-7-17(16)27-20/h2-3,6-7,15H,4-5,8-14H2,1H3. The summed E-state index contributed by atoms with van der Waals surface area (Å²) < 4.78 is 3.52. The Hall–Kier alpha value is -1.99. The van der Waals surface area contributed by atoms with Crippen molar-refractivity contribution in [1.82, 2.24) is 24.6 Å². The lowest BCUT2D eigenvalue weighted by Gasteiger charge is -2.31. The molecular formula is C20H26N6S. The van der Waals surface area contributed by atoms with Crippen LogP contribution >= 0.6 is 11.3 Å². The topological polar surface area (TPSA) is 50.1 Å². The Bertz CT molecular complexity index is 885. The molecule has 2 fully saturated rings. The summed E-state index contributed by atoms with van der Waals surface area (Å²) >= 11 is 1.80. The summed E-state index contributed by atoms with van der Waals surface area (Å²) in [7, 11) is 2.14. The van der Waals surface area contributed by atoms with Gasteiger partial charge in [-0.15, -0.1) is 10.2 Å². The SMILES string of the molecule is Cn1c(CN2CCCC2)nnc1C1CCN(c2nc3ccccc3s2)CC1. The van der Waals surface area contributed by atoms with Gasteiger partial charge in [-0.1, -0.05) is 23.5 Å². The summed E-state index contributed by atoms with van der Waals surface area (Å²) in [4.78, 5) is 9.74. The number of hydrogen-bond acceptors (Lipinski definition) is 6. The lowest BCUT2D eigenvalue weighted by molar-refractivity contribution is 0.317. The number of likely N-dealkylation sites (tertiary alicyclic amines) is 1. The molecule has 142 valence electrons. The van der Waals surface area contributed by atoms with E-state index in [0.717, 1.165) is 54.8 Å². The van der Waals surface area contributed by atoms with E-state index < -0.39 is 0 Å². The maximum atomic E-state index is 4.82. The summed E-state index contributed by atoms with van der Waals surface area (Å²) in [6.45, 7) is 5.41. The molecule has 27 heavy (non-hydrogen) atoms. The van der Waals surface area contributed by atoms with E-state index in [4.69, 9.17) is 4.98 Å². The average molecular weight is 383 g/mol. The van der Waals surface area contributed by atoms with Crippen molar-refractivity contribution >= 4 is 26.7 Å². The predicted molar refractivity (Wildman–Crippen MR) is 109 cm³/mol. The van der Waals surface area contributed by atoms with Crippen LogP contribution in [-0.4, -0.2) is 50.8 Å². The zero-order chi connectivity index (χ0) is 18.2. The van der Waals surface area contributed by atoms with Crippen LogP contribution in [0.2, 0.25) is 0 Å². The highest BCUT2D eigenvalue weighted by molar-refractivity contribution is 7.22. The molecule has 7 heteroatoms. The summed E-state index contributed by atoms with van der Waals surface area (Å²) in [6, 6.07) is 8.41. The van der Waals surface area contributed by atoms with E-state index in [1.165, 1.54) is 30.6 Å². The van der Waals surface area contributed by atoms with Crippen molar-refractivity contribution in [2.75, 3.05) is 31.1 Å². The van der Waals surface area contributed by atoms with Gasteiger partial charge in [-0.05, 0) is 50.9 Å². The molecule has 0 atom stereocenters. The van der Waals surface area contributed by atoms with E-state index in [9.17, 15) is 0 Å². The van der Waals surface area contributed by atoms with Gasteiger partial charge in [0.1, 0.15) is 11.6 Å². The van der Waals surface area contributed by atoms with Crippen LogP contribution in [0.4, 0.5) is 5.13 Å². The molecule has 0 radical (unpaired) electrons. The maximum Gasteiger partial charge on any atom is 0.186 e. The first-order valence-corrected chi connectivity index (χ1v) is 10.8. The van der Waals surface area contributed by atoms with Gasteiger partial charge in [0.2, 0.25) is 0 Å². The molecule has 2 aliphatic rings. The molecule has 2 saturated heterocycles. The van der Waals surface area contributed by atoms with Gasteiger partial charge in [0.15, 0.2) is 5.13 Å². The van der Waals surface area contributed by atoms with Crippen molar-refractivity contribution in [2.45, 2.75) is 38.1 Å². The van der Waals surface area contributed by atoms with E-state index in [2.05, 4.69) is 55.9 Å². The number of nitrogens with zero attached hydrogens (tertiary/aromatic N) is 6. The Morgan fingerprint density at radius 3 is 2.59 bits per heavy atom. The monoisotopic (exact) mass is 382 g/mol. The molecule has 2 aromatic heterocycles. The van der Waals surface area contributed by atoms with E-state index in [-0.39, 0.29) is 0 Å². The minimum absolute atomic E-state index is 0.500. The number of para-hydroxylation sites is 1. The fraction of sp³-hybridized carbons (Fsp3) is 0.550. The fourth-order valence-electron chi connectivity index (χ4n) is 4.33. The van der Waals surface area contributed by atoms with Crippen molar-refractivity contribution in [3.63, 3.8) is 0 Å². The molecule has 0 N–H and O–H groups in total. The molecule has 0 spiro atoms. The van der Waals surface area contributed by atoms with Crippen LogP contribution in [0, 0.1) is 0 Å². The smallest absolute Gasteiger partial charge is 0.186 e. The van der Waals surface area contributed by atoms with Crippen LogP contribution in [0.3, 0.4) is 0 Å². The average Bonchev–Trinajstić information content (AvgIpc) is 3.43. The van der Waals surface area contributed by atoms with Crippen LogP contribution in [0.5, 0.6) is 0 Å². The largest absolute Gasteiger partial charge is 0.348 e. The van der Waals surface area contributed by atoms with Gasteiger partial charge in [0, 0.05) is 26.1 Å². The summed E-state index contributed by atoms with van der Waals surface area (Å²) in [5.41, 5.74) is 1.11. The number of fused-ring (bicyclic) bond motifs is 1. The Labute approximate surface area is 163 Å². The second kappa shape index (κ2) is 7.20. The molecule has 3 aromatic rings. The summed E-state index contributed by atoms with van der Waals surface area (Å²) in [6.07, 6.45) is 4.86. The third kappa shape index (κ3) is 3.34. The predicted octanol–water partition coefficient (Wildman–Crippen LogP) is 3.40. The molecule has 1 aromatic carbocycles. The Balaban J connectivity index is 1.25. The highest BCUT2D eigenvalue weighted by atomic mass is 32.1. The van der Waals surface area contributed by atoms with Crippen molar-refractivity contribution in [1.29, 1.82) is 0 Å². The molecule has 5 rings (SSSR count). The third-order valence-corrected chi connectivity index (χ3v) is 7.07. The zero-order valence-electron chi connectivity index (χ0n) is 15.8. The van der Waals surface area contributed by atoms with Gasteiger partial charge in [-0.3, -0.25) is 4.90 Å². The zero-order valence-corrected chi connectivity index (χ0v) is 16.7. The van der Waals surface area contributed by atoms with Crippen molar-refractivity contribution in [2.24, 2.45) is 7.05 Å². The number of hydrogen-bond donors (Lipinski definition) is 0. The van der Waals surface area contributed by atoms with E-state index >= 15 is 0 Å². The molecule has 0 bridgehead atoms. The number of benzene rings is 1. The lowest BCUT2D eigenvalue weighted by Crippen LogP contribution is -2.33. The number of piperidine rings is 1. The fourth-order valence-corrected chi connectivity index (χ4v) is 5.35. The molecule has 6 nitrogen and oxygen atoms in total. The molecule has 0 saturated carbocycles. The van der Waals surface area contributed by atoms with Crippen LogP contribution < -0.4 is 4.90 Å². The van der Waals surface area contributed by atoms with Gasteiger partial charge in [-0.25, -0.2) is 4.98 Å². The molecular weight excluding hydrogens is 356 g/mol. The number of aromatic nitrogens is 4. The Morgan fingerprint density at radius 2 is 1.81 bits per heavy atom. The first kappa shape index (κ1) is 17.1. The Kier molecular flexibility index (Phi) is 4.57. The normalized spacial score (nSPS) is 19.4. The molecule has 0 aliphatic carbocycles. The first-order chi connectivity index (χ1) is 13.3. The highest BCUT2D eigenvalue weighted by Gasteiger charge is 2.27. The molecule has 2 aliphatic heterocycles. The van der Waals surface area contributed by atoms with Crippen molar-refractivity contribution in [3.05, 3.63) is 35.9 Å². The molecule has 0 unspecified atom stereocenters. The van der Waals surface area contributed by atoms with Crippen LogP contribution in [0.25, 0.3) is 10.2 Å². The van der Waals surface area contributed by atoms with Crippen molar-refractivity contribution in [3.8, 4) is 0 Å². The van der Waals surface area contributed by atoms with Crippen LogP contribution in [0.15, 0.2) is 24.3 Å². The third-order valence-electron chi connectivity index (χ3n) is 5.98. The summed E-state index contributed by atoms with van der Waals surface area (Å²) in [5, 5.41) is 10.2. The van der Waals surface area contributed by atoms with Gasteiger partial charge in [0.25, 0.3) is 0 Å². The van der Waals surface area contributed by atoms with E-state index in [1.807, 2.05) is 0 Å². The molecule has 4 heterocycles. The second-order valence-corrected chi connectivity index (χ2v) is 8.75. The number of anilines is 1. The lowest BCUT2D eigenvalue weighted by atomic mass is 9.96. The Morgan fingerprint density at radius 1 is 1.04 bits per heavy atom. The van der Waals surface area contributed by atoms with E-state index in [0.29, 0.717) is 5.92 Å². The maximum absolute atomic E-state index is 4.82. The number of thiazole rings is 1. The van der Waals surface area contributed by atoms with Crippen LogP contribution in [-0.2, 0) is 13.6 Å². The van der Waals surface area contributed by atoms with Gasteiger partial charge >= 0.3 is 0 Å². The van der Waals surface area contributed by atoms with Crippen molar-refractivity contribution < 1.29 is 0 Å². The van der Waals surface area contributed by atoms with Crippen LogP contribution in [0.1, 0.15) is 43.3 Å². The highest BCUT2D eigenvalue weighted by Crippen LogP contribution is 2.34. The van der Waals surface area contributed by atoms with Gasteiger partial charge in [-0.2, -0.15) is 0 Å². The molecule has 0 amide bonds. The van der Waals surface area contributed by atoms with Gasteiger partial charge < -0.3 is 9.47 Å². The number of rotatable bonds is 4. The first-order valence-electron chi connectivity index (χ1n) is 9.99. The minimum Gasteiger partial charge on any atom is -0.348 e. The quantitative estimate of drug-likeness (QED) is 0.692.